The van der Waals surface area contributed by atoms with Gasteiger partial charge in [0.25, 0.3) is 0 Å². The Hall–Kier alpha value is -0.600. The summed E-state index contributed by atoms with van der Waals surface area (Å²) in [5.74, 6) is -0.245. The Labute approximate surface area is 120 Å². The van der Waals surface area contributed by atoms with Crippen molar-refractivity contribution >= 4 is 11.6 Å². The molecule has 0 bridgehead atoms. The van der Waals surface area contributed by atoms with Crippen LogP contribution in [0.2, 0.25) is 5.02 Å². The molecule has 0 unspecified atom stereocenters. The van der Waals surface area contributed by atoms with Gasteiger partial charge in [0.1, 0.15) is 5.82 Å². The summed E-state index contributed by atoms with van der Waals surface area (Å²) in [5, 5.41) is 3.69. The standard InChI is InChI=1S/C16H23ClFN/c1-11(2)19-10-16(8-15(3,4)9-16)12-6-5-7-13(17)14(12)18/h5-7,11,19H,8-10H2,1-4H3. The molecule has 1 nitrogen and oxygen atoms in total. The first-order chi connectivity index (χ1) is 8.76. The second-order valence-electron chi connectivity index (χ2n) is 6.94. The van der Waals surface area contributed by atoms with E-state index in [4.69, 9.17) is 11.6 Å². The summed E-state index contributed by atoms with van der Waals surface area (Å²) in [6.07, 6.45) is 1.99. The first kappa shape index (κ1) is 14.8. The number of benzene rings is 1. The monoisotopic (exact) mass is 283 g/mol. The van der Waals surface area contributed by atoms with Gasteiger partial charge in [0.2, 0.25) is 0 Å². The van der Waals surface area contributed by atoms with Gasteiger partial charge in [0.15, 0.2) is 0 Å². The SMILES string of the molecule is CC(C)NCC1(c2cccc(Cl)c2F)CC(C)(C)C1. The Morgan fingerprint density at radius 3 is 2.47 bits per heavy atom. The van der Waals surface area contributed by atoms with E-state index < -0.39 is 0 Å². The molecule has 1 aliphatic rings. The van der Waals surface area contributed by atoms with Crippen LogP contribution in [0.3, 0.4) is 0 Å². The van der Waals surface area contributed by atoms with Crippen LogP contribution in [-0.4, -0.2) is 12.6 Å². The molecule has 1 aliphatic carbocycles. The lowest BCUT2D eigenvalue weighted by molar-refractivity contribution is 0.0520. The van der Waals surface area contributed by atoms with Gasteiger partial charge in [-0.05, 0) is 29.9 Å². The maximum Gasteiger partial charge on any atom is 0.145 e. The molecule has 0 saturated heterocycles. The van der Waals surface area contributed by atoms with Gasteiger partial charge in [0.05, 0.1) is 5.02 Å². The van der Waals surface area contributed by atoms with Crippen LogP contribution in [0.15, 0.2) is 18.2 Å². The minimum absolute atomic E-state index is 0.108. The van der Waals surface area contributed by atoms with Crippen molar-refractivity contribution in [3.63, 3.8) is 0 Å². The van der Waals surface area contributed by atoms with E-state index in [2.05, 4.69) is 33.0 Å². The van der Waals surface area contributed by atoms with E-state index in [9.17, 15) is 4.39 Å². The molecular formula is C16H23ClFN. The van der Waals surface area contributed by atoms with Crippen LogP contribution in [0, 0.1) is 11.2 Å². The first-order valence-electron chi connectivity index (χ1n) is 6.94. The molecule has 0 amide bonds. The van der Waals surface area contributed by atoms with Crippen LogP contribution in [-0.2, 0) is 5.41 Å². The van der Waals surface area contributed by atoms with Crippen molar-refractivity contribution in [1.29, 1.82) is 0 Å². The van der Waals surface area contributed by atoms with Gasteiger partial charge in [-0.2, -0.15) is 0 Å². The average Bonchev–Trinajstić information content (AvgIpc) is 2.27. The van der Waals surface area contributed by atoms with Gasteiger partial charge < -0.3 is 5.32 Å². The van der Waals surface area contributed by atoms with E-state index in [1.54, 1.807) is 6.07 Å². The fraction of sp³-hybridized carbons (Fsp3) is 0.625. The summed E-state index contributed by atoms with van der Waals surface area (Å²) in [5.41, 5.74) is 0.948. The highest BCUT2D eigenvalue weighted by Crippen LogP contribution is 2.55. The lowest BCUT2D eigenvalue weighted by Gasteiger charge is -2.54. The molecule has 1 N–H and O–H groups in total. The van der Waals surface area contributed by atoms with Crippen LogP contribution < -0.4 is 5.32 Å². The molecule has 0 radical (unpaired) electrons. The molecule has 0 aromatic heterocycles. The maximum atomic E-state index is 14.3. The summed E-state index contributed by atoms with van der Waals surface area (Å²) >= 11 is 5.94. The van der Waals surface area contributed by atoms with E-state index in [-0.39, 0.29) is 21.7 Å². The number of hydrogen-bond acceptors (Lipinski definition) is 1. The largest absolute Gasteiger partial charge is 0.314 e. The Morgan fingerprint density at radius 1 is 1.32 bits per heavy atom. The maximum absolute atomic E-state index is 14.3. The lowest BCUT2D eigenvalue weighted by atomic mass is 9.51. The minimum atomic E-state index is -0.245. The van der Waals surface area contributed by atoms with Gasteiger partial charge in [-0.3, -0.25) is 0 Å². The third kappa shape index (κ3) is 2.95. The van der Waals surface area contributed by atoms with Crippen LogP contribution >= 0.6 is 11.6 Å². The summed E-state index contributed by atoms with van der Waals surface area (Å²) in [6, 6.07) is 5.76. The molecule has 1 fully saturated rings. The molecule has 0 heterocycles. The second kappa shape index (κ2) is 5.06. The third-order valence-corrected chi connectivity index (χ3v) is 4.30. The first-order valence-corrected chi connectivity index (χ1v) is 7.31. The van der Waals surface area contributed by atoms with E-state index >= 15 is 0 Å². The van der Waals surface area contributed by atoms with Crippen molar-refractivity contribution in [3.05, 3.63) is 34.6 Å². The zero-order valence-electron chi connectivity index (χ0n) is 12.2. The van der Waals surface area contributed by atoms with Crippen LogP contribution in [0.1, 0.15) is 46.1 Å². The van der Waals surface area contributed by atoms with Gasteiger partial charge >= 0.3 is 0 Å². The Bertz CT molecular complexity index is 460. The molecule has 19 heavy (non-hydrogen) atoms. The Morgan fingerprint density at radius 2 is 1.95 bits per heavy atom. The van der Waals surface area contributed by atoms with Crippen molar-refractivity contribution in [2.24, 2.45) is 5.41 Å². The predicted molar refractivity (Wildman–Crippen MR) is 79.2 cm³/mol. The van der Waals surface area contributed by atoms with Crippen LogP contribution in [0.5, 0.6) is 0 Å². The molecule has 0 atom stereocenters. The minimum Gasteiger partial charge on any atom is -0.314 e. The quantitative estimate of drug-likeness (QED) is 0.856. The van der Waals surface area contributed by atoms with Crippen molar-refractivity contribution in [1.82, 2.24) is 5.32 Å². The third-order valence-electron chi connectivity index (χ3n) is 4.01. The Kier molecular flexibility index (Phi) is 3.95. The summed E-state index contributed by atoms with van der Waals surface area (Å²) in [4.78, 5) is 0. The molecule has 1 aromatic carbocycles. The van der Waals surface area contributed by atoms with Crippen LogP contribution in [0.25, 0.3) is 0 Å². The molecule has 106 valence electrons. The summed E-state index contributed by atoms with van der Waals surface area (Å²) in [7, 11) is 0. The highest BCUT2D eigenvalue weighted by Gasteiger charge is 2.51. The normalized spacial score (nSPS) is 20.4. The fourth-order valence-electron chi connectivity index (χ4n) is 3.50. The lowest BCUT2D eigenvalue weighted by Crippen LogP contribution is -2.53. The second-order valence-corrected chi connectivity index (χ2v) is 7.34. The number of rotatable bonds is 4. The number of halogens is 2. The molecule has 1 aromatic rings. The number of hydrogen-bond donors (Lipinski definition) is 1. The smallest absolute Gasteiger partial charge is 0.145 e. The van der Waals surface area contributed by atoms with E-state index in [0.29, 0.717) is 6.04 Å². The Balaban J connectivity index is 2.31. The van der Waals surface area contributed by atoms with E-state index in [1.807, 2.05) is 12.1 Å². The topological polar surface area (TPSA) is 12.0 Å². The zero-order chi connectivity index (χ0) is 14.3. The van der Waals surface area contributed by atoms with Gasteiger partial charge in [-0.1, -0.05) is 51.4 Å². The fourth-order valence-corrected chi connectivity index (χ4v) is 3.68. The molecule has 0 aliphatic heterocycles. The number of nitrogens with one attached hydrogen (secondary N) is 1. The highest BCUT2D eigenvalue weighted by molar-refractivity contribution is 6.30. The van der Waals surface area contributed by atoms with E-state index in [0.717, 1.165) is 24.9 Å². The summed E-state index contributed by atoms with van der Waals surface area (Å²) in [6.45, 7) is 9.52. The van der Waals surface area contributed by atoms with Crippen LogP contribution in [0.4, 0.5) is 4.39 Å². The molecule has 1 saturated carbocycles. The van der Waals surface area contributed by atoms with Gasteiger partial charge in [-0.15, -0.1) is 0 Å². The zero-order valence-corrected chi connectivity index (χ0v) is 12.9. The molecule has 2 rings (SSSR count). The van der Waals surface area contributed by atoms with Crippen molar-refractivity contribution in [2.45, 2.75) is 52.0 Å². The molecule has 0 spiro atoms. The van der Waals surface area contributed by atoms with Crippen molar-refractivity contribution in [3.8, 4) is 0 Å². The van der Waals surface area contributed by atoms with E-state index in [1.165, 1.54) is 0 Å². The average molecular weight is 284 g/mol. The predicted octanol–water partition coefficient (Wildman–Crippen LogP) is 4.53. The van der Waals surface area contributed by atoms with Crippen molar-refractivity contribution in [2.75, 3.05) is 6.54 Å². The highest BCUT2D eigenvalue weighted by atomic mass is 35.5. The van der Waals surface area contributed by atoms with Gasteiger partial charge in [-0.25, -0.2) is 4.39 Å². The summed E-state index contributed by atoms with van der Waals surface area (Å²) < 4.78 is 14.3. The molecular weight excluding hydrogens is 261 g/mol. The van der Waals surface area contributed by atoms with Gasteiger partial charge in [0, 0.05) is 18.0 Å². The van der Waals surface area contributed by atoms with Crippen molar-refractivity contribution < 1.29 is 4.39 Å². The molecule has 3 heteroatoms.